The fourth-order valence-corrected chi connectivity index (χ4v) is 5.88. The van der Waals surface area contributed by atoms with E-state index >= 15 is 0 Å². The van der Waals surface area contributed by atoms with Crippen molar-refractivity contribution in [2.75, 3.05) is 0 Å². The van der Waals surface area contributed by atoms with Crippen molar-refractivity contribution in [2.45, 2.75) is 78.2 Å². The van der Waals surface area contributed by atoms with Crippen molar-refractivity contribution >= 4 is 20.4 Å². The highest BCUT2D eigenvalue weighted by molar-refractivity contribution is 6.96. The van der Waals surface area contributed by atoms with Gasteiger partial charge in [0, 0.05) is 0 Å². The molecule has 0 N–H and O–H groups in total. The Hall–Kier alpha value is -0.838. The standard InChI is InChI=1S/C20H33BO2Si/c1-8-9-13-18(24(6,7)17-14-11-10-12-15-17)16-21-22-19(2,3)20(4,5)23-21/h10-12,14-16H,8-9,13H2,1-7H3/b18-16-. The van der Waals surface area contributed by atoms with Crippen LogP contribution in [0.4, 0.5) is 0 Å². The second-order valence-electron chi connectivity index (χ2n) is 8.41. The molecule has 1 heterocycles. The normalized spacial score (nSPS) is 20.5. The van der Waals surface area contributed by atoms with Gasteiger partial charge < -0.3 is 9.31 Å². The number of allylic oxidation sites excluding steroid dienone is 1. The third-order valence-corrected chi connectivity index (χ3v) is 9.51. The summed E-state index contributed by atoms with van der Waals surface area (Å²) in [6.45, 7) is 15.6. The molecule has 1 aromatic rings. The van der Waals surface area contributed by atoms with E-state index < -0.39 is 8.07 Å². The molecule has 0 radical (unpaired) electrons. The molecule has 0 saturated carbocycles. The maximum atomic E-state index is 6.23. The van der Waals surface area contributed by atoms with E-state index in [0.29, 0.717) is 0 Å². The Morgan fingerprint density at radius 3 is 2.08 bits per heavy atom. The van der Waals surface area contributed by atoms with Crippen molar-refractivity contribution in [1.29, 1.82) is 0 Å². The fourth-order valence-electron chi connectivity index (χ4n) is 3.13. The molecule has 2 rings (SSSR count). The van der Waals surface area contributed by atoms with E-state index in [4.69, 9.17) is 9.31 Å². The smallest absolute Gasteiger partial charge is 0.400 e. The molecular weight excluding hydrogens is 311 g/mol. The molecule has 0 aliphatic carbocycles. The topological polar surface area (TPSA) is 18.5 Å². The Morgan fingerprint density at radius 2 is 1.58 bits per heavy atom. The maximum absolute atomic E-state index is 6.23. The van der Waals surface area contributed by atoms with Crippen LogP contribution in [0.15, 0.2) is 41.5 Å². The number of benzene rings is 1. The predicted molar refractivity (Wildman–Crippen MR) is 107 cm³/mol. The molecule has 0 amide bonds. The van der Waals surface area contributed by atoms with Crippen molar-refractivity contribution < 1.29 is 9.31 Å². The highest BCUT2D eigenvalue weighted by Crippen LogP contribution is 2.37. The van der Waals surface area contributed by atoms with E-state index in [9.17, 15) is 0 Å². The third kappa shape index (κ3) is 4.04. The lowest BCUT2D eigenvalue weighted by Gasteiger charge is -2.32. The van der Waals surface area contributed by atoms with Gasteiger partial charge >= 0.3 is 7.12 Å². The van der Waals surface area contributed by atoms with E-state index in [2.05, 4.69) is 84.0 Å². The van der Waals surface area contributed by atoms with Gasteiger partial charge in [0.2, 0.25) is 0 Å². The van der Waals surface area contributed by atoms with Crippen LogP contribution >= 0.6 is 0 Å². The van der Waals surface area contributed by atoms with Gasteiger partial charge in [-0.25, -0.2) is 0 Å². The third-order valence-electron chi connectivity index (χ3n) is 5.71. The Labute approximate surface area is 149 Å². The first-order chi connectivity index (χ1) is 11.1. The minimum atomic E-state index is -1.71. The number of hydrogen-bond donors (Lipinski definition) is 0. The molecule has 4 heteroatoms. The molecule has 2 nitrogen and oxygen atoms in total. The molecule has 0 atom stereocenters. The van der Waals surface area contributed by atoms with Crippen LogP contribution in [0.3, 0.4) is 0 Å². The average molecular weight is 344 g/mol. The summed E-state index contributed by atoms with van der Waals surface area (Å²) in [6, 6.07) is 10.9. The Morgan fingerprint density at radius 1 is 1.04 bits per heavy atom. The minimum Gasteiger partial charge on any atom is -0.400 e. The summed E-state index contributed by atoms with van der Waals surface area (Å²) in [5, 5.41) is 3.01. The second kappa shape index (κ2) is 7.19. The molecule has 1 fully saturated rings. The highest BCUT2D eigenvalue weighted by atomic mass is 28.3. The first kappa shape index (κ1) is 19.5. The molecular formula is C20H33BO2Si. The number of rotatable bonds is 6. The summed E-state index contributed by atoms with van der Waals surface area (Å²) < 4.78 is 12.5. The average Bonchev–Trinajstić information content (AvgIpc) is 2.71. The highest BCUT2D eigenvalue weighted by Gasteiger charge is 2.50. The molecule has 0 aromatic heterocycles. The zero-order valence-electron chi connectivity index (χ0n) is 16.5. The fraction of sp³-hybridized carbons (Fsp3) is 0.600. The lowest BCUT2D eigenvalue weighted by molar-refractivity contribution is 0.00578. The van der Waals surface area contributed by atoms with Gasteiger partial charge in [-0.1, -0.05) is 79.5 Å². The number of unbranched alkanes of at least 4 members (excludes halogenated alkanes) is 1. The minimum absolute atomic E-state index is 0.239. The van der Waals surface area contributed by atoms with Crippen LogP contribution in [-0.2, 0) is 9.31 Å². The van der Waals surface area contributed by atoms with Gasteiger partial charge in [-0.15, -0.1) is 0 Å². The zero-order chi connectivity index (χ0) is 18.0. The molecule has 132 valence electrons. The van der Waals surface area contributed by atoms with E-state index in [1.807, 2.05) is 0 Å². The summed E-state index contributed by atoms with van der Waals surface area (Å²) in [5.74, 6) is 2.28. The molecule has 1 saturated heterocycles. The predicted octanol–water partition coefficient (Wildman–Crippen LogP) is 4.89. The molecule has 24 heavy (non-hydrogen) atoms. The summed E-state index contributed by atoms with van der Waals surface area (Å²) in [6.07, 6.45) is 3.56. The van der Waals surface area contributed by atoms with E-state index in [-0.39, 0.29) is 18.3 Å². The number of hydrogen-bond acceptors (Lipinski definition) is 2. The second-order valence-corrected chi connectivity index (χ2v) is 12.9. The largest absolute Gasteiger partial charge is 0.486 e. The van der Waals surface area contributed by atoms with Gasteiger partial charge in [0.05, 0.1) is 11.2 Å². The lowest BCUT2D eigenvalue weighted by Crippen LogP contribution is -2.44. The van der Waals surface area contributed by atoms with Gasteiger partial charge in [-0.3, -0.25) is 0 Å². The van der Waals surface area contributed by atoms with Crippen molar-refractivity contribution in [3.8, 4) is 0 Å². The summed E-state index contributed by atoms with van der Waals surface area (Å²) in [4.78, 5) is 0. The van der Waals surface area contributed by atoms with E-state index in [1.165, 1.54) is 23.2 Å². The van der Waals surface area contributed by atoms with Crippen LogP contribution in [0.1, 0.15) is 53.9 Å². The van der Waals surface area contributed by atoms with E-state index in [1.54, 1.807) is 0 Å². The van der Waals surface area contributed by atoms with Gasteiger partial charge in [0.25, 0.3) is 0 Å². The summed E-state index contributed by atoms with van der Waals surface area (Å²) in [5.41, 5.74) is -0.551. The molecule has 1 aromatic carbocycles. The van der Waals surface area contributed by atoms with Crippen LogP contribution in [0.25, 0.3) is 0 Å². The first-order valence-corrected chi connectivity index (χ1v) is 12.2. The van der Waals surface area contributed by atoms with Crippen LogP contribution < -0.4 is 5.19 Å². The monoisotopic (exact) mass is 344 g/mol. The zero-order valence-corrected chi connectivity index (χ0v) is 17.5. The Kier molecular flexibility index (Phi) is 5.83. The van der Waals surface area contributed by atoms with Crippen molar-refractivity contribution in [3.05, 3.63) is 41.5 Å². The van der Waals surface area contributed by atoms with Crippen LogP contribution in [-0.4, -0.2) is 26.4 Å². The molecule has 0 bridgehead atoms. The summed E-state index contributed by atoms with van der Waals surface area (Å²) >= 11 is 0. The lowest BCUT2D eigenvalue weighted by atomic mass is 9.89. The maximum Gasteiger partial charge on any atom is 0.486 e. The van der Waals surface area contributed by atoms with Crippen molar-refractivity contribution in [3.63, 3.8) is 0 Å². The Bertz CT molecular complexity index is 563. The van der Waals surface area contributed by atoms with Crippen LogP contribution in [0.2, 0.25) is 13.1 Å². The molecule has 1 aliphatic rings. The van der Waals surface area contributed by atoms with Gasteiger partial charge in [-0.2, -0.15) is 0 Å². The van der Waals surface area contributed by atoms with Gasteiger partial charge in [-0.05, 0) is 34.1 Å². The van der Waals surface area contributed by atoms with Gasteiger partial charge in [0.15, 0.2) is 0 Å². The van der Waals surface area contributed by atoms with Crippen LogP contribution in [0, 0.1) is 0 Å². The van der Waals surface area contributed by atoms with Gasteiger partial charge in [0.1, 0.15) is 8.07 Å². The van der Waals surface area contributed by atoms with E-state index in [0.717, 1.165) is 6.42 Å². The van der Waals surface area contributed by atoms with Crippen molar-refractivity contribution in [1.82, 2.24) is 0 Å². The quantitative estimate of drug-likeness (QED) is 0.684. The Balaban J connectivity index is 2.32. The van der Waals surface area contributed by atoms with Crippen LogP contribution in [0.5, 0.6) is 0 Å². The molecule has 1 aliphatic heterocycles. The first-order valence-electron chi connectivity index (χ1n) is 9.22. The molecule has 0 spiro atoms. The summed E-state index contributed by atoms with van der Waals surface area (Å²) in [7, 11) is -1.94. The van der Waals surface area contributed by atoms with Crippen molar-refractivity contribution in [2.24, 2.45) is 0 Å². The SMILES string of the molecule is CCCC/C(=C/B1OC(C)(C)C(C)(C)O1)[Si](C)(C)c1ccccc1. The molecule has 0 unspecified atom stereocenters.